The monoisotopic (exact) mass is 400 g/mol. The van der Waals surface area contributed by atoms with Crippen LogP contribution in [0.4, 0.5) is 0 Å². The summed E-state index contributed by atoms with van der Waals surface area (Å²) in [4.78, 5) is 49.7. The van der Waals surface area contributed by atoms with Crippen molar-refractivity contribution in [1.82, 2.24) is 20.9 Å². The number of nitrogens with zero attached hydrogens (tertiary/aromatic N) is 1. The molecule has 11 nitrogen and oxygen atoms in total. The Labute approximate surface area is 162 Å². The molecular formula is C17H28N4O7. The Balaban J connectivity index is 2.02. The average molecular weight is 400 g/mol. The maximum atomic E-state index is 12.7. The molecule has 158 valence electrons. The molecule has 0 aromatic heterocycles. The number of nitrogens with one attached hydrogen (secondary N) is 3. The number of likely N-dealkylation sites (tertiary alicyclic amines) is 1. The summed E-state index contributed by atoms with van der Waals surface area (Å²) in [6, 6.07) is -4.13. The summed E-state index contributed by atoms with van der Waals surface area (Å²) in [6.45, 7) is 1.51. The van der Waals surface area contributed by atoms with Gasteiger partial charge in [0.2, 0.25) is 17.7 Å². The Bertz CT molecular complexity index is 606. The number of carbonyl (C=O) groups is 4. The van der Waals surface area contributed by atoms with Gasteiger partial charge in [-0.15, -0.1) is 0 Å². The summed E-state index contributed by atoms with van der Waals surface area (Å²) in [5.74, 6) is -3.13. The van der Waals surface area contributed by atoms with Crippen molar-refractivity contribution in [3.8, 4) is 0 Å². The predicted octanol–water partition coefficient (Wildman–Crippen LogP) is -2.84. The van der Waals surface area contributed by atoms with Gasteiger partial charge < -0.3 is 36.2 Å². The molecule has 2 fully saturated rings. The zero-order valence-electron chi connectivity index (χ0n) is 15.8. The van der Waals surface area contributed by atoms with Crippen LogP contribution in [-0.2, 0) is 19.2 Å². The Kier molecular flexibility index (Phi) is 7.72. The van der Waals surface area contributed by atoms with Crippen molar-refractivity contribution in [2.24, 2.45) is 0 Å². The smallest absolute Gasteiger partial charge is 0.326 e. The summed E-state index contributed by atoms with van der Waals surface area (Å²) < 4.78 is 0. The van der Waals surface area contributed by atoms with Crippen molar-refractivity contribution < 1.29 is 34.5 Å². The molecule has 0 aromatic rings. The molecular weight excluding hydrogens is 372 g/mol. The van der Waals surface area contributed by atoms with E-state index in [2.05, 4.69) is 16.0 Å². The molecule has 0 saturated carbocycles. The van der Waals surface area contributed by atoms with Crippen molar-refractivity contribution in [3.05, 3.63) is 0 Å². The standard InChI is InChI=1S/C17H28N4O7/c1-9(23)13(16(26)21-7-3-5-12(21)17(27)28)20-15(25)11(8-22)19-14(24)10-4-2-6-18-10/h9-13,18,22-23H,2-8H2,1H3,(H,19,24)(H,20,25)(H,27,28). The first-order valence-electron chi connectivity index (χ1n) is 9.42. The zero-order valence-corrected chi connectivity index (χ0v) is 15.8. The fraction of sp³-hybridized carbons (Fsp3) is 0.765. The van der Waals surface area contributed by atoms with E-state index in [1.807, 2.05) is 0 Å². The zero-order chi connectivity index (χ0) is 20.8. The van der Waals surface area contributed by atoms with E-state index >= 15 is 0 Å². The molecule has 2 aliphatic rings. The largest absolute Gasteiger partial charge is 0.480 e. The van der Waals surface area contributed by atoms with Crippen molar-refractivity contribution in [2.75, 3.05) is 19.7 Å². The van der Waals surface area contributed by atoms with Crippen LogP contribution in [0.2, 0.25) is 0 Å². The van der Waals surface area contributed by atoms with Gasteiger partial charge in [0.05, 0.1) is 18.8 Å². The minimum Gasteiger partial charge on any atom is -0.480 e. The van der Waals surface area contributed by atoms with Gasteiger partial charge in [-0.2, -0.15) is 0 Å². The lowest BCUT2D eigenvalue weighted by Crippen LogP contribution is -2.60. The SMILES string of the molecule is CC(O)C(NC(=O)C(CO)NC(=O)C1CCCN1)C(=O)N1CCCC1C(=O)O. The van der Waals surface area contributed by atoms with E-state index in [0.717, 1.165) is 11.3 Å². The summed E-state index contributed by atoms with van der Waals surface area (Å²) in [6.07, 6.45) is 0.954. The number of aliphatic carboxylic acids is 1. The lowest BCUT2D eigenvalue weighted by Gasteiger charge is -2.30. The minimum absolute atomic E-state index is 0.211. The highest BCUT2D eigenvalue weighted by atomic mass is 16.4. The summed E-state index contributed by atoms with van der Waals surface area (Å²) in [5.41, 5.74) is 0. The number of carbonyl (C=O) groups excluding carboxylic acids is 3. The van der Waals surface area contributed by atoms with Gasteiger partial charge in [-0.1, -0.05) is 0 Å². The molecule has 6 N–H and O–H groups in total. The van der Waals surface area contributed by atoms with Crippen LogP contribution in [0.3, 0.4) is 0 Å². The van der Waals surface area contributed by atoms with Crippen LogP contribution in [0.1, 0.15) is 32.6 Å². The van der Waals surface area contributed by atoms with Gasteiger partial charge in [0.25, 0.3) is 0 Å². The molecule has 0 aromatic carbocycles. The second kappa shape index (κ2) is 9.80. The van der Waals surface area contributed by atoms with Crippen molar-refractivity contribution in [2.45, 2.75) is 62.9 Å². The van der Waals surface area contributed by atoms with E-state index in [1.165, 1.54) is 6.92 Å². The van der Waals surface area contributed by atoms with Gasteiger partial charge >= 0.3 is 5.97 Å². The molecule has 2 aliphatic heterocycles. The third-order valence-corrected chi connectivity index (χ3v) is 5.06. The normalized spacial score (nSPS) is 25.0. The number of amides is 3. The highest BCUT2D eigenvalue weighted by Crippen LogP contribution is 2.19. The number of aliphatic hydroxyl groups is 2. The van der Waals surface area contributed by atoms with E-state index in [-0.39, 0.29) is 6.54 Å². The van der Waals surface area contributed by atoms with Crippen LogP contribution in [0.5, 0.6) is 0 Å². The highest BCUT2D eigenvalue weighted by Gasteiger charge is 2.40. The van der Waals surface area contributed by atoms with Gasteiger partial charge in [0.15, 0.2) is 0 Å². The molecule has 3 amide bonds. The van der Waals surface area contributed by atoms with E-state index in [1.54, 1.807) is 0 Å². The van der Waals surface area contributed by atoms with E-state index in [9.17, 15) is 34.5 Å². The molecule has 0 spiro atoms. The predicted molar refractivity (Wildman–Crippen MR) is 96.0 cm³/mol. The van der Waals surface area contributed by atoms with Gasteiger partial charge in [0.1, 0.15) is 18.1 Å². The lowest BCUT2D eigenvalue weighted by atomic mass is 10.1. The van der Waals surface area contributed by atoms with Crippen molar-refractivity contribution >= 4 is 23.7 Å². The third kappa shape index (κ3) is 5.18. The van der Waals surface area contributed by atoms with E-state index < -0.39 is 60.6 Å². The van der Waals surface area contributed by atoms with Crippen molar-refractivity contribution in [1.29, 1.82) is 0 Å². The number of carboxylic acids is 1. The molecule has 0 radical (unpaired) electrons. The van der Waals surface area contributed by atoms with Gasteiger partial charge in [-0.25, -0.2) is 4.79 Å². The molecule has 5 atom stereocenters. The first-order chi connectivity index (χ1) is 13.3. The first kappa shape index (κ1) is 22.1. The molecule has 5 unspecified atom stereocenters. The van der Waals surface area contributed by atoms with Crippen LogP contribution in [-0.4, -0.2) is 93.9 Å². The quantitative estimate of drug-likeness (QED) is 0.253. The maximum Gasteiger partial charge on any atom is 0.326 e. The van der Waals surface area contributed by atoms with Crippen LogP contribution in [0.15, 0.2) is 0 Å². The van der Waals surface area contributed by atoms with Gasteiger partial charge in [-0.3, -0.25) is 14.4 Å². The van der Waals surface area contributed by atoms with Crippen LogP contribution >= 0.6 is 0 Å². The Morgan fingerprint density at radius 3 is 2.43 bits per heavy atom. The first-order valence-corrected chi connectivity index (χ1v) is 9.42. The molecule has 11 heteroatoms. The van der Waals surface area contributed by atoms with Gasteiger partial charge in [0, 0.05) is 6.54 Å². The molecule has 2 heterocycles. The average Bonchev–Trinajstić information content (AvgIpc) is 3.34. The fourth-order valence-electron chi connectivity index (χ4n) is 3.48. The molecule has 0 bridgehead atoms. The van der Waals surface area contributed by atoms with E-state index in [4.69, 9.17) is 0 Å². The minimum atomic E-state index is -1.39. The fourth-order valence-corrected chi connectivity index (χ4v) is 3.48. The van der Waals surface area contributed by atoms with Crippen LogP contribution < -0.4 is 16.0 Å². The van der Waals surface area contributed by atoms with Crippen LogP contribution in [0.25, 0.3) is 0 Å². The number of hydrogen-bond donors (Lipinski definition) is 6. The summed E-state index contributed by atoms with van der Waals surface area (Å²) in [7, 11) is 0. The topological polar surface area (TPSA) is 168 Å². The summed E-state index contributed by atoms with van der Waals surface area (Å²) in [5, 5.41) is 36.4. The number of rotatable bonds is 8. The lowest BCUT2D eigenvalue weighted by molar-refractivity contribution is -0.150. The molecule has 2 saturated heterocycles. The Morgan fingerprint density at radius 1 is 1.18 bits per heavy atom. The van der Waals surface area contributed by atoms with Gasteiger partial charge in [-0.05, 0) is 39.2 Å². The third-order valence-electron chi connectivity index (χ3n) is 5.06. The molecule has 0 aliphatic carbocycles. The number of hydrogen-bond acceptors (Lipinski definition) is 7. The number of carboxylic acid groups (broad SMARTS) is 1. The van der Waals surface area contributed by atoms with Crippen molar-refractivity contribution in [3.63, 3.8) is 0 Å². The Hall–Kier alpha value is -2.24. The van der Waals surface area contributed by atoms with Crippen LogP contribution in [0, 0.1) is 0 Å². The maximum absolute atomic E-state index is 12.7. The highest BCUT2D eigenvalue weighted by molar-refractivity contribution is 5.94. The summed E-state index contributed by atoms with van der Waals surface area (Å²) >= 11 is 0. The number of aliphatic hydroxyl groups excluding tert-OH is 2. The second-order valence-corrected chi connectivity index (χ2v) is 7.15. The second-order valence-electron chi connectivity index (χ2n) is 7.15. The Morgan fingerprint density at radius 2 is 1.89 bits per heavy atom. The van der Waals surface area contributed by atoms with E-state index in [0.29, 0.717) is 25.8 Å². The molecule has 28 heavy (non-hydrogen) atoms. The molecule has 2 rings (SSSR count).